The summed E-state index contributed by atoms with van der Waals surface area (Å²) in [5.74, 6) is -0.0408. The van der Waals surface area contributed by atoms with Gasteiger partial charge in [-0.25, -0.2) is 0 Å². The van der Waals surface area contributed by atoms with Crippen LogP contribution in [0.2, 0.25) is 0 Å². The number of carbonyl (C=O) groups excluding carboxylic acids is 2. The maximum Gasteiger partial charge on any atom is 0.221 e. The molecule has 0 bridgehead atoms. The standard InChI is InChI=1S/C12H22N2O2/c1-5-8-14(11(4)15)9-7-12(16)13-10(3)6-2/h5,10H,1,6-9H2,2-4H3,(H,13,16). The Morgan fingerprint density at radius 1 is 1.50 bits per heavy atom. The summed E-state index contributed by atoms with van der Waals surface area (Å²) in [4.78, 5) is 24.2. The molecule has 0 radical (unpaired) electrons. The molecule has 2 amide bonds. The Morgan fingerprint density at radius 2 is 2.12 bits per heavy atom. The van der Waals surface area contributed by atoms with E-state index in [1.54, 1.807) is 11.0 Å². The fraction of sp³-hybridized carbons (Fsp3) is 0.667. The molecule has 4 heteroatoms. The van der Waals surface area contributed by atoms with Crippen molar-refractivity contribution in [2.45, 2.75) is 39.7 Å². The van der Waals surface area contributed by atoms with Crippen LogP contribution in [0, 0.1) is 0 Å². The zero-order valence-electron chi connectivity index (χ0n) is 10.5. The number of carbonyl (C=O) groups is 2. The highest BCUT2D eigenvalue weighted by Crippen LogP contribution is 1.95. The van der Waals surface area contributed by atoms with E-state index in [-0.39, 0.29) is 17.9 Å². The highest BCUT2D eigenvalue weighted by molar-refractivity contribution is 5.78. The molecule has 0 aliphatic carbocycles. The molecule has 0 aliphatic heterocycles. The van der Waals surface area contributed by atoms with Crippen molar-refractivity contribution in [3.63, 3.8) is 0 Å². The minimum absolute atomic E-state index is 0.00957. The van der Waals surface area contributed by atoms with Crippen molar-refractivity contribution in [2.75, 3.05) is 13.1 Å². The van der Waals surface area contributed by atoms with E-state index in [4.69, 9.17) is 0 Å². The van der Waals surface area contributed by atoms with Crippen LogP contribution in [-0.2, 0) is 9.59 Å². The summed E-state index contributed by atoms with van der Waals surface area (Å²) in [5, 5.41) is 2.86. The van der Waals surface area contributed by atoms with Crippen LogP contribution in [0.25, 0.3) is 0 Å². The molecular formula is C12H22N2O2. The Morgan fingerprint density at radius 3 is 2.56 bits per heavy atom. The summed E-state index contributed by atoms with van der Waals surface area (Å²) in [5.41, 5.74) is 0. The van der Waals surface area contributed by atoms with Crippen molar-refractivity contribution in [2.24, 2.45) is 0 Å². The lowest BCUT2D eigenvalue weighted by Gasteiger charge is -2.19. The van der Waals surface area contributed by atoms with Crippen LogP contribution < -0.4 is 5.32 Å². The van der Waals surface area contributed by atoms with E-state index in [9.17, 15) is 9.59 Å². The molecule has 0 saturated heterocycles. The monoisotopic (exact) mass is 226 g/mol. The molecule has 0 saturated carbocycles. The molecule has 0 fully saturated rings. The van der Waals surface area contributed by atoms with E-state index in [0.29, 0.717) is 19.5 Å². The lowest BCUT2D eigenvalue weighted by molar-refractivity contribution is -0.129. The van der Waals surface area contributed by atoms with Crippen LogP contribution in [0.3, 0.4) is 0 Å². The molecule has 1 N–H and O–H groups in total. The molecular weight excluding hydrogens is 204 g/mol. The number of nitrogens with one attached hydrogen (secondary N) is 1. The van der Waals surface area contributed by atoms with Gasteiger partial charge in [-0.2, -0.15) is 0 Å². The second-order valence-corrected chi connectivity index (χ2v) is 3.88. The molecule has 0 aromatic rings. The van der Waals surface area contributed by atoms with Crippen LogP contribution in [0.15, 0.2) is 12.7 Å². The quantitative estimate of drug-likeness (QED) is 0.666. The molecule has 0 aromatic heterocycles. The van der Waals surface area contributed by atoms with Gasteiger partial charge in [0.25, 0.3) is 0 Å². The molecule has 0 aliphatic rings. The van der Waals surface area contributed by atoms with Gasteiger partial charge in [-0.3, -0.25) is 9.59 Å². The Kier molecular flexibility index (Phi) is 7.25. The number of hydrogen-bond donors (Lipinski definition) is 1. The van der Waals surface area contributed by atoms with E-state index >= 15 is 0 Å². The molecule has 0 rings (SSSR count). The van der Waals surface area contributed by atoms with Gasteiger partial charge in [0.2, 0.25) is 11.8 Å². The SMILES string of the molecule is C=CCN(CCC(=O)NC(C)CC)C(C)=O. The van der Waals surface area contributed by atoms with Crippen LogP contribution in [0.4, 0.5) is 0 Å². The van der Waals surface area contributed by atoms with Crippen LogP contribution >= 0.6 is 0 Å². The normalized spacial score (nSPS) is 11.7. The number of hydrogen-bond acceptors (Lipinski definition) is 2. The van der Waals surface area contributed by atoms with E-state index in [1.165, 1.54) is 6.92 Å². The van der Waals surface area contributed by atoms with Gasteiger partial charge in [-0.15, -0.1) is 6.58 Å². The van der Waals surface area contributed by atoms with Crippen molar-refractivity contribution in [3.05, 3.63) is 12.7 Å². The molecule has 0 heterocycles. The topological polar surface area (TPSA) is 49.4 Å². The average Bonchev–Trinajstić information content (AvgIpc) is 2.23. The van der Waals surface area contributed by atoms with Gasteiger partial charge in [0.05, 0.1) is 0 Å². The lowest BCUT2D eigenvalue weighted by Crippen LogP contribution is -2.36. The predicted molar refractivity (Wildman–Crippen MR) is 65.0 cm³/mol. The maximum absolute atomic E-state index is 11.5. The fourth-order valence-electron chi connectivity index (χ4n) is 1.22. The second-order valence-electron chi connectivity index (χ2n) is 3.88. The molecule has 16 heavy (non-hydrogen) atoms. The van der Waals surface area contributed by atoms with E-state index in [1.807, 2.05) is 13.8 Å². The Balaban J connectivity index is 3.96. The van der Waals surface area contributed by atoms with Crippen molar-refractivity contribution in [1.82, 2.24) is 10.2 Å². The van der Waals surface area contributed by atoms with Gasteiger partial charge in [0, 0.05) is 32.5 Å². The van der Waals surface area contributed by atoms with Crippen LogP contribution in [-0.4, -0.2) is 35.8 Å². The van der Waals surface area contributed by atoms with Crippen molar-refractivity contribution in [1.29, 1.82) is 0 Å². The smallest absolute Gasteiger partial charge is 0.221 e. The van der Waals surface area contributed by atoms with Gasteiger partial charge in [-0.1, -0.05) is 13.0 Å². The summed E-state index contributed by atoms with van der Waals surface area (Å²) in [6.45, 7) is 9.99. The third-order valence-corrected chi connectivity index (χ3v) is 2.42. The first-order valence-corrected chi connectivity index (χ1v) is 5.67. The van der Waals surface area contributed by atoms with E-state index in [0.717, 1.165) is 6.42 Å². The molecule has 1 atom stereocenters. The largest absolute Gasteiger partial charge is 0.354 e. The van der Waals surface area contributed by atoms with E-state index < -0.39 is 0 Å². The summed E-state index contributed by atoms with van der Waals surface area (Å²) in [6, 6.07) is 0.192. The molecule has 1 unspecified atom stereocenters. The fourth-order valence-corrected chi connectivity index (χ4v) is 1.22. The summed E-state index contributed by atoms with van der Waals surface area (Å²) in [7, 11) is 0. The molecule has 92 valence electrons. The van der Waals surface area contributed by atoms with Gasteiger partial charge < -0.3 is 10.2 Å². The van der Waals surface area contributed by atoms with Gasteiger partial charge in [0.15, 0.2) is 0 Å². The van der Waals surface area contributed by atoms with E-state index in [2.05, 4.69) is 11.9 Å². The van der Waals surface area contributed by atoms with Gasteiger partial charge in [0.1, 0.15) is 0 Å². The lowest BCUT2D eigenvalue weighted by atomic mass is 10.2. The zero-order valence-corrected chi connectivity index (χ0v) is 10.5. The van der Waals surface area contributed by atoms with Gasteiger partial charge >= 0.3 is 0 Å². The van der Waals surface area contributed by atoms with Crippen LogP contribution in [0.1, 0.15) is 33.6 Å². The third kappa shape index (κ3) is 6.22. The molecule has 0 aromatic carbocycles. The van der Waals surface area contributed by atoms with Crippen molar-refractivity contribution >= 4 is 11.8 Å². The minimum atomic E-state index is -0.0313. The molecule has 4 nitrogen and oxygen atoms in total. The average molecular weight is 226 g/mol. The minimum Gasteiger partial charge on any atom is -0.354 e. The highest BCUT2D eigenvalue weighted by Gasteiger charge is 2.10. The van der Waals surface area contributed by atoms with Crippen molar-refractivity contribution in [3.8, 4) is 0 Å². The highest BCUT2D eigenvalue weighted by atomic mass is 16.2. The summed E-state index contributed by atoms with van der Waals surface area (Å²) >= 11 is 0. The Bertz CT molecular complexity index is 251. The third-order valence-electron chi connectivity index (χ3n) is 2.42. The Hall–Kier alpha value is -1.32. The van der Waals surface area contributed by atoms with Gasteiger partial charge in [-0.05, 0) is 13.3 Å². The second kappa shape index (κ2) is 7.91. The van der Waals surface area contributed by atoms with Crippen molar-refractivity contribution < 1.29 is 9.59 Å². The number of nitrogens with zero attached hydrogens (tertiary/aromatic N) is 1. The number of amides is 2. The zero-order chi connectivity index (χ0) is 12.6. The van der Waals surface area contributed by atoms with Crippen LogP contribution in [0.5, 0.6) is 0 Å². The maximum atomic E-state index is 11.5. The first kappa shape index (κ1) is 14.7. The Labute approximate surface area is 97.7 Å². The first-order valence-electron chi connectivity index (χ1n) is 5.67. The summed E-state index contributed by atoms with van der Waals surface area (Å²) < 4.78 is 0. The first-order chi connectivity index (χ1) is 7.51. The predicted octanol–water partition coefficient (Wildman–Crippen LogP) is 1.33. The molecule has 0 spiro atoms. The summed E-state index contributed by atoms with van der Waals surface area (Å²) in [6.07, 6.45) is 2.92. The number of rotatable bonds is 7.